The summed E-state index contributed by atoms with van der Waals surface area (Å²) < 4.78 is 18.3. The first kappa shape index (κ1) is 10.2. The highest BCUT2D eigenvalue weighted by Gasteiger charge is 2.50. The number of esters is 1. The maximum Gasteiger partial charge on any atom is 0.313 e. The third-order valence-corrected chi connectivity index (χ3v) is 3.06. The van der Waals surface area contributed by atoms with Crippen LogP contribution < -0.4 is 15.4 Å². The van der Waals surface area contributed by atoms with E-state index in [1.165, 1.54) is 18.2 Å². The van der Waals surface area contributed by atoms with Crippen LogP contribution in [0.25, 0.3) is 0 Å². The maximum atomic E-state index is 13.3. The lowest BCUT2D eigenvalue weighted by atomic mass is 9.84. The van der Waals surface area contributed by atoms with E-state index in [2.05, 4.69) is 10.6 Å². The molecule has 0 saturated carbocycles. The van der Waals surface area contributed by atoms with E-state index >= 15 is 0 Å². The van der Waals surface area contributed by atoms with Gasteiger partial charge in [-0.3, -0.25) is 14.9 Å². The summed E-state index contributed by atoms with van der Waals surface area (Å²) in [5.41, 5.74) is -0.820. The quantitative estimate of drug-likeness (QED) is 0.492. The number of nitrogens with one attached hydrogen (secondary N) is 2. The van der Waals surface area contributed by atoms with Gasteiger partial charge in [-0.05, 0) is 18.2 Å². The zero-order chi connectivity index (χ0) is 12.0. The lowest BCUT2D eigenvalue weighted by molar-refractivity contribution is -0.141. The first-order chi connectivity index (χ1) is 8.12. The number of carbonyl (C=O) groups excluding carboxylic acids is 2. The van der Waals surface area contributed by atoms with Crippen LogP contribution >= 0.6 is 0 Å². The number of amides is 1. The molecule has 0 radical (unpaired) electrons. The first-order valence-corrected chi connectivity index (χ1v) is 5.16. The number of hydrogen-bond donors (Lipinski definition) is 2. The van der Waals surface area contributed by atoms with Gasteiger partial charge < -0.3 is 10.1 Å². The summed E-state index contributed by atoms with van der Waals surface area (Å²) in [4.78, 5) is 23.3. The van der Waals surface area contributed by atoms with Crippen LogP contribution in [-0.4, -0.2) is 18.5 Å². The molecule has 6 heteroatoms. The average Bonchev–Trinajstić information content (AvgIpc) is 2.62. The van der Waals surface area contributed by atoms with E-state index in [1.54, 1.807) is 0 Å². The minimum absolute atomic E-state index is 0.130. The second-order valence-corrected chi connectivity index (χ2v) is 4.06. The van der Waals surface area contributed by atoms with Gasteiger partial charge in [-0.25, -0.2) is 4.39 Å². The summed E-state index contributed by atoms with van der Waals surface area (Å²) in [6.45, 7) is 0.252. The summed E-state index contributed by atoms with van der Waals surface area (Å²) in [6, 6.07) is 3.77. The van der Waals surface area contributed by atoms with Crippen LogP contribution in [0.1, 0.15) is 12.0 Å². The number of halogens is 1. The van der Waals surface area contributed by atoms with E-state index in [0.29, 0.717) is 5.56 Å². The molecule has 2 aliphatic heterocycles. The molecule has 1 aromatic carbocycles. The number of rotatable bonds is 0. The molecule has 0 aliphatic carbocycles. The average molecular weight is 236 g/mol. The van der Waals surface area contributed by atoms with Crippen LogP contribution in [0, 0.1) is 5.82 Å². The van der Waals surface area contributed by atoms with Gasteiger partial charge in [0, 0.05) is 5.56 Å². The fraction of sp³-hybridized carbons (Fsp3) is 0.273. The van der Waals surface area contributed by atoms with Crippen molar-refractivity contribution in [1.29, 1.82) is 0 Å². The minimum Gasteiger partial charge on any atom is -0.426 e. The molecule has 2 N–H and O–H groups in total. The number of carbonyl (C=O) groups is 2. The fourth-order valence-electron chi connectivity index (χ4n) is 2.26. The van der Waals surface area contributed by atoms with E-state index in [0.717, 1.165) is 0 Å². The molecule has 5 nitrogen and oxygen atoms in total. The zero-order valence-corrected chi connectivity index (χ0v) is 8.75. The highest BCUT2D eigenvalue weighted by molar-refractivity contribution is 5.96. The van der Waals surface area contributed by atoms with E-state index in [-0.39, 0.29) is 24.7 Å². The normalized spacial score (nSPS) is 26.6. The Morgan fingerprint density at radius 1 is 1.35 bits per heavy atom. The largest absolute Gasteiger partial charge is 0.426 e. The van der Waals surface area contributed by atoms with Gasteiger partial charge >= 0.3 is 5.97 Å². The number of fused-ring (bicyclic) bond motifs is 2. The van der Waals surface area contributed by atoms with Crippen molar-refractivity contribution in [2.75, 3.05) is 6.67 Å². The van der Waals surface area contributed by atoms with Gasteiger partial charge in [0.15, 0.2) is 0 Å². The Kier molecular flexibility index (Phi) is 1.97. The molecular weight excluding hydrogens is 227 g/mol. The summed E-state index contributed by atoms with van der Waals surface area (Å²) in [6.07, 6.45) is -0.130. The Hall–Kier alpha value is -1.95. The van der Waals surface area contributed by atoms with E-state index in [4.69, 9.17) is 4.74 Å². The molecule has 0 bridgehead atoms. The Labute approximate surface area is 95.9 Å². The van der Waals surface area contributed by atoms with Crippen LogP contribution in [0.5, 0.6) is 5.75 Å². The monoisotopic (exact) mass is 236 g/mol. The van der Waals surface area contributed by atoms with Crippen molar-refractivity contribution in [2.24, 2.45) is 0 Å². The van der Waals surface area contributed by atoms with Crippen LogP contribution in [0.3, 0.4) is 0 Å². The lowest BCUT2D eigenvalue weighted by Gasteiger charge is -2.31. The van der Waals surface area contributed by atoms with Gasteiger partial charge in [-0.2, -0.15) is 0 Å². The number of benzene rings is 1. The standard InChI is InChI=1S/C11H9FN2O3/c12-6-1-2-8-7(3-6)11(4-9(15)17-8)10(16)13-5-14-11/h1-3,14H,4-5H2,(H,13,16)/t11-/m0/s1. The van der Waals surface area contributed by atoms with Crippen molar-refractivity contribution in [2.45, 2.75) is 12.0 Å². The van der Waals surface area contributed by atoms with Gasteiger partial charge in [0.2, 0.25) is 5.91 Å². The molecule has 1 saturated heterocycles. The molecule has 1 atom stereocenters. The summed E-state index contributed by atoms with van der Waals surface area (Å²) in [5, 5.41) is 5.49. The third kappa shape index (κ3) is 1.34. The molecule has 0 unspecified atom stereocenters. The number of ether oxygens (including phenoxy) is 1. The highest BCUT2D eigenvalue weighted by atomic mass is 19.1. The maximum absolute atomic E-state index is 13.3. The summed E-state index contributed by atoms with van der Waals surface area (Å²) >= 11 is 0. The van der Waals surface area contributed by atoms with Crippen molar-refractivity contribution in [3.63, 3.8) is 0 Å². The predicted octanol–water partition coefficient (Wildman–Crippen LogP) is 0.00700. The Balaban J connectivity index is 2.22. The molecule has 3 rings (SSSR count). The predicted molar refractivity (Wildman–Crippen MR) is 54.5 cm³/mol. The van der Waals surface area contributed by atoms with Crippen molar-refractivity contribution in [3.05, 3.63) is 29.6 Å². The smallest absolute Gasteiger partial charge is 0.313 e. The van der Waals surface area contributed by atoms with E-state index in [1.807, 2.05) is 0 Å². The molecule has 1 fully saturated rings. The van der Waals surface area contributed by atoms with Gasteiger partial charge in [-0.15, -0.1) is 0 Å². The molecule has 1 aromatic rings. The molecule has 1 amide bonds. The molecule has 17 heavy (non-hydrogen) atoms. The minimum atomic E-state index is -1.19. The van der Waals surface area contributed by atoms with Gasteiger partial charge in [0.05, 0.1) is 13.1 Å². The van der Waals surface area contributed by atoms with Gasteiger partial charge in [0.25, 0.3) is 0 Å². The SMILES string of the molecule is O=C1C[C@]2(NCNC2=O)c2cc(F)ccc2O1. The molecule has 88 valence electrons. The third-order valence-electron chi connectivity index (χ3n) is 3.06. The second kappa shape index (κ2) is 3.27. The van der Waals surface area contributed by atoms with Gasteiger partial charge in [0.1, 0.15) is 17.1 Å². The molecule has 2 aliphatic rings. The molecule has 1 spiro atoms. The van der Waals surface area contributed by atoms with Crippen molar-refractivity contribution >= 4 is 11.9 Å². The van der Waals surface area contributed by atoms with Crippen LogP contribution in [0.4, 0.5) is 4.39 Å². The first-order valence-electron chi connectivity index (χ1n) is 5.16. The fourth-order valence-corrected chi connectivity index (χ4v) is 2.26. The van der Waals surface area contributed by atoms with Crippen LogP contribution in [0.2, 0.25) is 0 Å². The van der Waals surface area contributed by atoms with Crippen LogP contribution in [-0.2, 0) is 15.1 Å². The lowest BCUT2D eigenvalue weighted by Crippen LogP contribution is -2.48. The van der Waals surface area contributed by atoms with E-state index in [9.17, 15) is 14.0 Å². The molecule has 0 aromatic heterocycles. The van der Waals surface area contributed by atoms with Crippen molar-refractivity contribution in [3.8, 4) is 5.75 Å². The highest BCUT2D eigenvalue weighted by Crippen LogP contribution is 2.39. The number of hydrogen-bond acceptors (Lipinski definition) is 4. The summed E-state index contributed by atoms with van der Waals surface area (Å²) in [5.74, 6) is -1.08. The Morgan fingerprint density at radius 3 is 2.88 bits per heavy atom. The topological polar surface area (TPSA) is 67.4 Å². The van der Waals surface area contributed by atoms with Gasteiger partial charge in [-0.1, -0.05) is 0 Å². The Bertz CT molecular complexity index is 531. The second-order valence-electron chi connectivity index (χ2n) is 4.06. The zero-order valence-electron chi connectivity index (χ0n) is 8.75. The molecule has 2 heterocycles. The van der Waals surface area contributed by atoms with Crippen LogP contribution in [0.15, 0.2) is 18.2 Å². The Morgan fingerprint density at radius 2 is 2.18 bits per heavy atom. The van der Waals surface area contributed by atoms with Crippen molar-refractivity contribution in [1.82, 2.24) is 10.6 Å². The van der Waals surface area contributed by atoms with E-state index < -0.39 is 17.3 Å². The van der Waals surface area contributed by atoms with Crippen molar-refractivity contribution < 1.29 is 18.7 Å². The summed E-state index contributed by atoms with van der Waals surface area (Å²) in [7, 11) is 0. The molecular formula is C11H9FN2O3.